The molecule has 1 fully saturated rings. The molecule has 3 N–H and O–H groups in total. The van der Waals surface area contributed by atoms with E-state index in [1.165, 1.54) is 0 Å². The number of benzene rings is 1. The van der Waals surface area contributed by atoms with E-state index in [-0.39, 0.29) is 5.91 Å². The van der Waals surface area contributed by atoms with Crippen LogP contribution < -0.4 is 15.8 Å². The van der Waals surface area contributed by atoms with Gasteiger partial charge in [0.05, 0.1) is 7.11 Å². The first kappa shape index (κ1) is 11.0. The molecule has 1 aromatic rings. The van der Waals surface area contributed by atoms with Crippen LogP contribution in [0.3, 0.4) is 0 Å². The van der Waals surface area contributed by atoms with Crippen molar-refractivity contribution in [1.29, 1.82) is 0 Å². The number of nitrogens with one attached hydrogen (secondary N) is 1. The highest BCUT2D eigenvalue weighted by molar-refractivity contribution is 5.86. The molecular formula is C12H16N2O2. The van der Waals surface area contributed by atoms with E-state index in [1.807, 2.05) is 24.3 Å². The summed E-state index contributed by atoms with van der Waals surface area (Å²) >= 11 is 0. The summed E-state index contributed by atoms with van der Waals surface area (Å²) in [6, 6.07) is 7.50. The third-order valence-corrected chi connectivity index (χ3v) is 3.14. The first-order chi connectivity index (χ1) is 7.69. The maximum atomic E-state index is 11.6. The van der Waals surface area contributed by atoms with Gasteiger partial charge in [-0.2, -0.15) is 0 Å². The Morgan fingerprint density at radius 1 is 1.56 bits per heavy atom. The second-order valence-corrected chi connectivity index (χ2v) is 4.03. The molecular weight excluding hydrogens is 204 g/mol. The Labute approximate surface area is 94.8 Å². The van der Waals surface area contributed by atoms with Crippen molar-refractivity contribution in [3.05, 3.63) is 29.8 Å². The van der Waals surface area contributed by atoms with Gasteiger partial charge in [0.2, 0.25) is 5.91 Å². The fourth-order valence-electron chi connectivity index (χ4n) is 2.23. The van der Waals surface area contributed by atoms with Gasteiger partial charge in [-0.05, 0) is 37.1 Å². The lowest BCUT2D eigenvalue weighted by atomic mass is 9.87. The molecule has 0 aliphatic carbocycles. The van der Waals surface area contributed by atoms with E-state index >= 15 is 0 Å². The summed E-state index contributed by atoms with van der Waals surface area (Å²) in [5, 5.41) is 3.21. The molecule has 1 unspecified atom stereocenters. The summed E-state index contributed by atoms with van der Waals surface area (Å²) in [7, 11) is 1.61. The lowest BCUT2D eigenvalue weighted by Gasteiger charge is -2.26. The van der Waals surface area contributed by atoms with Gasteiger partial charge in [-0.25, -0.2) is 0 Å². The SMILES string of the molecule is COc1cccc(C2(C(N)=O)CCCN2)c1. The van der Waals surface area contributed by atoms with E-state index in [2.05, 4.69) is 5.32 Å². The van der Waals surface area contributed by atoms with Crippen LogP contribution in [0.1, 0.15) is 18.4 Å². The molecule has 4 heteroatoms. The minimum absolute atomic E-state index is 0.321. The van der Waals surface area contributed by atoms with Gasteiger partial charge in [0.1, 0.15) is 11.3 Å². The van der Waals surface area contributed by atoms with Crippen LogP contribution >= 0.6 is 0 Å². The third-order valence-electron chi connectivity index (χ3n) is 3.14. The molecule has 86 valence electrons. The highest BCUT2D eigenvalue weighted by atomic mass is 16.5. The van der Waals surface area contributed by atoms with Crippen molar-refractivity contribution >= 4 is 5.91 Å². The number of hydrogen-bond acceptors (Lipinski definition) is 3. The standard InChI is InChI=1S/C12H16N2O2/c1-16-10-5-2-4-9(8-10)12(11(13)15)6-3-7-14-12/h2,4-5,8,14H,3,6-7H2,1H3,(H2,13,15). The van der Waals surface area contributed by atoms with E-state index in [0.29, 0.717) is 0 Å². The Kier molecular flexibility index (Phi) is 2.83. The largest absolute Gasteiger partial charge is 0.497 e. The Hall–Kier alpha value is -1.55. The van der Waals surface area contributed by atoms with Crippen LogP contribution in [0.15, 0.2) is 24.3 Å². The molecule has 16 heavy (non-hydrogen) atoms. The summed E-state index contributed by atoms with van der Waals surface area (Å²) in [4.78, 5) is 11.6. The van der Waals surface area contributed by atoms with Crippen molar-refractivity contribution < 1.29 is 9.53 Å². The normalized spacial score (nSPS) is 24.3. The summed E-state index contributed by atoms with van der Waals surface area (Å²) in [6.07, 6.45) is 1.70. The van der Waals surface area contributed by atoms with E-state index < -0.39 is 5.54 Å². The average Bonchev–Trinajstić information content (AvgIpc) is 2.79. The molecule has 1 atom stereocenters. The Morgan fingerprint density at radius 3 is 2.94 bits per heavy atom. The minimum Gasteiger partial charge on any atom is -0.497 e. The first-order valence-corrected chi connectivity index (χ1v) is 5.38. The van der Waals surface area contributed by atoms with Gasteiger partial charge >= 0.3 is 0 Å². The van der Waals surface area contributed by atoms with Gasteiger partial charge in [0.15, 0.2) is 0 Å². The van der Waals surface area contributed by atoms with E-state index in [0.717, 1.165) is 30.7 Å². The highest BCUT2D eigenvalue weighted by Crippen LogP contribution is 2.32. The average molecular weight is 220 g/mol. The Balaban J connectivity index is 2.43. The number of carbonyl (C=O) groups excluding carboxylic acids is 1. The maximum absolute atomic E-state index is 11.6. The van der Waals surface area contributed by atoms with E-state index in [4.69, 9.17) is 10.5 Å². The molecule has 0 saturated carbocycles. The summed E-state index contributed by atoms with van der Waals surface area (Å²) in [6.45, 7) is 0.820. The predicted molar refractivity (Wildman–Crippen MR) is 61.1 cm³/mol. The summed E-state index contributed by atoms with van der Waals surface area (Å²) in [5.41, 5.74) is 5.69. The zero-order chi connectivity index (χ0) is 11.6. The van der Waals surface area contributed by atoms with Gasteiger partial charge in [-0.15, -0.1) is 0 Å². The van der Waals surface area contributed by atoms with Crippen LogP contribution in [0.2, 0.25) is 0 Å². The van der Waals surface area contributed by atoms with Crippen molar-refractivity contribution in [2.45, 2.75) is 18.4 Å². The molecule has 0 radical (unpaired) electrons. The molecule has 4 nitrogen and oxygen atoms in total. The third kappa shape index (κ3) is 1.65. The number of primary amides is 1. The highest BCUT2D eigenvalue weighted by Gasteiger charge is 2.41. The van der Waals surface area contributed by atoms with Crippen molar-refractivity contribution in [3.63, 3.8) is 0 Å². The fraction of sp³-hybridized carbons (Fsp3) is 0.417. The molecule has 1 aliphatic heterocycles. The number of carbonyl (C=O) groups is 1. The zero-order valence-electron chi connectivity index (χ0n) is 9.32. The Morgan fingerprint density at radius 2 is 2.38 bits per heavy atom. The number of methoxy groups -OCH3 is 1. The molecule has 0 spiro atoms. The van der Waals surface area contributed by atoms with Gasteiger partial charge in [0.25, 0.3) is 0 Å². The van der Waals surface area contributed by atoms with Crippen LogP contribution in [0.25, 0.3) is 0 Å². The van der Waals surface area contributed by atoms with Crippen LogP contribution in [0, 0.1) is 0 Å². The number of hydrogen-bond donors (Lipinski definition) is 2. The van der Waals surface area contributed by atoms with Crippen molar-refractivity contribution in [2.24, 2.45) is 5.73 Å². The quantitative estimate of drug-likeness (QED) is 0.790. The zero-order valence-corrected chi connectivity index (χ0v) is 9.32. The lowest BCUT2D eigenvalue weighted by molar-refractivity contribution is -0.124. The first-order valence-electron chi connectivity index (χ1n) is 5.38. The minimum atomic E-state index is -0.714. The number of amides is 1. The molecule has 1 heterocycles. The molecule has 1 amide bonds. The maximum Gasteiger partial charge on any atom is 0.242 e. The molecule has 0 bridgehead atoms. The van der Waals surface area contributed by atoms with Crippen LogP contribution in [0.5, 0.6) is 5.75 Å². The summed E-state index contributed by atoms with van der Waals surface area (Å²) in [5.74, 6) is 0.421. The van der Waals surface area contributed by atoms with Gasteiger partial charge in [-0.1, -0.05) is 12.1 Å². The smallest absolute Gasteiger partial charge is 0.242 e. The Bertz CT molecular complexity index is 398. The number of nitrogens with two attached hydrogens (primary N) is 1. The van der Waals surface area contributed by atoms with Crippen LogP contribution in [-0.2, 0) is 10.3 Å². The molecule has 0 aromatic heterocycles. The number of ether oxygens (including phenoxy) is 1. The van der Waals surface area contributed by atoms with Gasteiger partial charge in [0, 0.05) is 0 Å². The van der Waals surface area contributed by atoms with Crippen molar-refractivity contribution in [2.75, 3.05) is 13.7 Å². The molecule has 1 aromatic carbocycles. The van der Waals surface area contributed by atoms with E-state index in [9.17, 15) is 4.79 Å². The predicted octanol–water partition coefficient (Wildman–Crippen LogP) is 0.759. The molecule has 2 rings (SSSR count). The fourth-order valence-corrected chi connectivity index (χ4v) is 2.23. The van der Waals surface area contributed by atoms with E-state index in [1.54, 1.807) is 7.11 Å². The van der Waals surface area contributed by atoms with Gasteiger partial charge < -0.3 is 10.5 Å². The molecule has 1 aliphatic rings. The topological polar surface area (TPSA) is 64.3 Å². The summed E-state index contributed by atoms with van der Waals surface area (Å²) < 4.78 is 5.16. The molecule has 1 saturated heterocycles. The number of rotatable bonds is 3. The second-order valence-electron chi connectivity index (χ2n) is 4.03. The van der Waals surface area contributed by atoms with Gasteiger partial charge in [-0.3, -0.25) is 10.1 Å². The van der Waals surface area contributed by atoms with Crippen molar-refractivity contribution in [1.82, 2.24) is 5.32 Å². The second kappa shape index (κ2) is 4.14. The monoisotopic (exact) mass is 220 g/mol. The van der Waals surface area contributed by atoms with Crippen LogP contribution in [-0.4, -0.2) is 19.6 Å². The van der Waals surface area contributed by atoms with Crippen LogP contribution in [0.4, 0.5) is 0 Å². The van der Waals surface area contributed by atoms with Crippen molar-refractivity contribution in [3.8, 4) is 5.75 Å². The lowest BCUT2D eigenvalue weighted by Crippen LogP contribution is -2.48.